The van der Waals surface area contributed by atoms with Gasteiger partial charge < -0.3 is 25.8 Å². The molecule has 0 spiro atoms. The van der Waals surface area contributed by atoms with E-state index in [1.54, 1.807) is 18.2 Å². The molecule has 0 atom stereocenters. The van der Waals surface area contributed by atoms with Crippen molar-refractivity contribution < 1.29 is 24.2 Å². The number of carbonyl (C=O) groups is 3. The molecule has 0 aliphatic heterocycles. The van der Waals surface area contributed by atoms with Gasteiger partial charge in [-0.2, -0.15) is 0 Å². The van der Waals surface area contributed by atoms with E-state index in [9.17, 15) is 14.4 Å². The van der Waals surface area contributed by atoms with Crippen molar-refractivity contribution in [3.8, 4) is 5.75 Å². The third-order valence-corrected chi connectivity index (χ3v) is 4.72. The van der Waals surface area contributed by atoms with E-state index in [4.69, 9.17) is 21.4 Å². The van der Waals surface area contributed by atoms with Crippen LogP contribution in [0.15, 0.2) is 18.2 Å². The summed E-state index contributed by atoms with van der Waals surface area (Å²) < 4.78 is 5.16. The fourth-order valence-electron chi connectivity index (χ4n) is 3.00. The zero-order valence-corrected chi connectivity index (χ0v) is 15.8. The second-order valence-electron chi connectivity index (χ2n) is 6.43. The van der Waals surface area contributed by atoms with Crippen molar-refractivity contribution in [2.24, 2.45) is 5.92 Å². The number of carboxylic acid groups (broad SMARTS) is 1. The van der Waals surface area contributed by atoms with E-state index in [2.05, 4.69) is 16.0 Å². The fourth-order valence-corrected chi connectivity index (χ4v) is 3.17. The van der Waals surface area contributed by atoms with Gasteiger partial charge in [0.15, 0.2) is 0 Å². The Balaban J connectivity index is 1.68. The Hall–Kier alpha value is -2.48. The molecule has 27 heavy (non-hydrogen) atoms. The Morgan fingerprint density at radius 3 is 2.56 bits per heavy atom. The van der Waals surface area contributed by atoms with E-state index in [1.807, 2.05) is 0 Å². The van der Waals surface area contributed by atoms with Crippen molar-refractivity contribution in [2.45, 2.75) is 38.1 Å². The van der Waals surface area contributed by atoms with Gasteiger partial charge in [-0.15, -0.1) is 0 Å². The summed E-state index contributed by atoms with van der Waals surface area (Å²) in [6.45, 7) is 0.172. The van der Waals surface area contributed by atoms with E-state index >= 15 is 0 Å². The molecule has 2 rings (SSSR count). The molecule has 1 fully saturated rings. The minimum Gasteiger partial charge on any atom is -0.495 e. The number of ether oxygens (including phenoxy) is 1. The second-order valence-corrected chi connectivity index (χ2v) is 6.87. The lowest BCUT2D eigenvalue weighted by molar-refractivity contribution is -0.142. The first-order valence-corrected chi connectivity index (χ1v) is 9.17. The zero-order chi connectivity index (χ0) is 19.8. The maximum Gasteiger partial charge on any atom is 0.315 e. The van der Waals surface area contributed by atoms with Crippen LogP contribution < -0.4 is 20.7 Å². The van der Waals surface area contributed by atoms with Crippen LogP contribution in [0.4, 0.5) is 10.5 Å². The number of methoxy groups -OCH3 is 1. The normalized spacial score (nSPS) is 19.0. The average molecular weight is 398 g/mol. The van der Waals surface area contributed by atoms with E-state index < -0.39 is 5.97 Å². The van der Waals surface area contributed by atoms with Crippen molar-refractivity contribution in [3.05, 3.63) is 23.2 Å². The Labute approximate surface area is 162 Å². The summed E-state index contributed by atoms with van der Waals surface area (Å²) in [6.07, 6.45) is 2.49. The molecule has 1 saturated carbocycles. The molecular formula is C18H24ClN3O5. The molecule has 8 nitrogen and oxygen atoms in total. The molecule has 9 heteroatoms. The summed E-state index contributed by atoms with van der Waals surface area (Å²) in [5.41, 5.74) is 0.467. The van der Waals surface area contributed by atoms with Gasteiger partial charge in [-0.1, -0.05) is 11.6 Å². The van der Waals surface area contributed by atoms with Crippen LogP contribution in [0, 0.1) is 5.92 Å². The predicted octanol–water partition coefficient (Wildman–Crippen LogP) is 2.62. The number of hydrogen-bond donors (Lipinski definition) is 4. The van der Waals surface area contributed by atoms with Crippen molar-refractivity contribution in [1.29, 1.82) is 0 Å². The molecule has 1 aromatic carbocycles. The van der Waals surface area contributed by atoms with Gasteiger partial charge in [0, 0.05) is 24.0 Å². The first kappa shape index (κ1) is 20.8. The van der Waals surface area contributed by atoms with Gasteiger partial charge >= 0.3 is 12.0 Å². The van der Waals surface area contributed by atoms with Gasteiger partial charge in [0.25, 0.3) is 0 Å². The number of benzene rings is 1. The van der Waals surface area contributed by atoms with Crippen LogP contribution in [0.1, 0.15) is 32.1 Å². The SMILES string of the molecule is COc1ccc(Cl)cc1NC(=O)CCNC(=O)NC1CCC(C(=O)O)CC1. The molecular weight excluding hydrogens is 374 g/mol. The lowest BCUT2D eigenvalue weighted by Gasteiger charge is -2.26. The molecule has 0 heterocycles. The highest BCUT2D eigenvalue weighted by molar-refractivity contribution is 6.31. The van der Waals surface area contributed by atoms with Crippen LogP contribution in [0.3, 0.4) is 0 Å². The van der Waals surface area contributed by atoms with E-state index in [0.717, 1.165) is 0 Å². The first-order chi connectivity index (χ1) is 12.9. The monoisotopic (exact) mass is 397 g/mol. The van der Waals surface area contributed by atoms with Crippen molar-refractivity contribution >= 4 is 35.2 Å². The Kier molecular flexibility index (Phi) is 7.72. The van der Waals surface area contributed by atoms with Crippen LogP contribution in [-0.2, 0) is 9.59 Å². The van der Waals surface area contributed by atoms with Crippen molar-refractivity contribution in [2.75, 3.05) is 19.0 Å². The van der Waals surface area contributed by atoms with Gasteiger partial charge in [0.05, 0.1) is 18.7 Å². The number of amides is 3. The number of anilines is 1. The van der Waals surface area contributed by atoms with E-state index in [0.29, 0.717) is 42.1 Å². The molecule has 3 amide bonds. The molecule has 1 aliphatic carbocycles. The Bertz CT molecular complexity index is 690. The molecule has 1 aromatic rings. The third-order valence-electron chi connectivity index (χ3n) is 4.48. The van der Waals surface area contributed by atoms with E-state index in [-0.39, 0.29) is 36.9 Å². The summed E-state index contributed by atoms with van der Waals surface area (Å²) in [5.74, 6) is -0.883. The number of halogens is 1. The number of hydrogen-bond acceptors (Lipinski definition) is 4. The Morgan fingerprint density at radius 2 is 1.93 bits per heavy atom. The minimum atomic E-state index is -0.778. The zero-order valence-electron chi connectivity index (χ0n) is 15.1. The smallest absolute Gasteiger partial charge is 0.315 e. The Morgan fingerprint density at radius 1 is 1.22 bits per heavy atom. The molecule has 1 aliphatic rings. The summed E-state index contributed by atoms with van der Waals surface area (Å²) in [5, 5.41) is 17.6. The number of urea groups is 1. The number of carboxylic acids is 1. The molecule has 0 aromatic heterocycles. The van der Waals surface area contributed by atoms with Gasteiger partial charge in [-0.25, -0.2) is 4.79 Å². The van der Waals surface area contributed by atoms with Gasteiger partial charge in [0.1, 0.15) is 5.75 Å². The lowest BCUT2D eigenvalue weighted by atomic mass is 9.86. The predicted molar refractivity (Wildman–Crippen MR) is 101 cm³/mol. The van der Waals surface area contributed by atoms with E-state index in [1.165, 1.54) is 7.11 Å². The number of carbonyl (C=O) groups excluding carboxylic acids is 2. The fraction of sp³-hybridized carbons (Fsp3) is 0.500. The maximum atomic E-state index is 12.0. The van der Waals surface area contributed by atoms with Crippen LogP contribution in [-0.4, -0.2) is 42.7 Å². The van der Waals surface area contributed by atoms with Crippen LogP contribution >= 0.6 is 11.6 Å². The van der Waals surface area contributed by atoms with Crippen molar-refractivity contribution in [3.63, 3.8) is 0 Å². The van der Waals surface area contributed by atoms with Crippen LogP contribution in [0.25, 0.3) is 0 Å². The maximum absolute atomic E-state index is 12.0. The molecule has 0 radical (unpaired) electrons. The molecule has 0 saturated heterocycles. The van der Waals surface area contributed by atoms with Crippen molar-refractivity contribution in [1.82, 2.24) is 10.6 Å². The van der Waals surface area contributed by atoms with Crippen LogP contribution in [0.2, 0.25) is 5.02 Å². The molecule has 0 bridgehead atoms. The highest BCUT2D eigenvalue weighted by Gasteiger charge is 2.26. The highest BCUT2D eigenvalue weighted by atomic mass is 35.5. The van der Waals surface area contributed by atoms with Crippen LogP contribution in [0.5, 0.6) is 5.75 Å². The summed E-state index contributed by atoms with van der Waals surface area (Å²) in [4.78, 5) is 34.9. The van der Waals surface area contributed by atoms with Gasteiger partial charge in [-0.3, -0.25) is 9.59 Å². The third kappa shape index (κ3) is 6.63. The number of aliphatic carboxylic acids is 1. The quantitative estimate of drug-likeness (QED) is 0.564. The minimum absolute atomic E-state index is 0.0369. The summed E-state index contributed by atoms with van der Waals surface area (Å²) in [7, 11) is 1.49. The number of rotatable bonds is 7. The standard InChI is InChI=1S/C18H24ClN3O5/c1-27-15-7-4-12(19)10-14(15)22-16(23)8-9-20-18(26)21-13-5-2-11(3-6-13)17(24)25/h4,7,10-11,13H,2-3,5-6,8-9H2,1H3,(H,22,23)(H,24,25)(H2,20,21,26). The molecule has 0 unspecified atom stereocenters. The lowest BCUT2D eigenvalue weighted by Crippen LogP contribution is -2.44. The topological polar surface area (TPSA) is 117 Å². The first-order valence-electron chi connectivity index (χ1n) is 8.79. The summed E-state index contributed by atoms with van der Waals surface area (Å²) in [6, 6.07) is 4.51. The second kappa shape index (κ2) is 10.0. The van der Waals surface area contributed by atoms with Gasteiger partial charge in [0.2, 0.25) is 5.91 Å². The molecule has 4 N–H and O–H groups in total. The average Bonchev–Trinajstić information content (AvgIpc) is 2.62. The summed E-state index contributed by atoms with van der Waals surface area (Å²) >= 11 is 5.92. The van der Waals surface area contributed by atoms with Gasteiger partial charge in [-0.05, 0) is 43.9 Å². The highest BCUT2D eigenvalue weighted by Crippen LogP contribution is 2.27. The molecule has 148 valence electrons. The number of nitrogens with one attached hydrogen (secondary N) is 3. The largest absolute Gasteiger partial charge is 0.495 e.